The molecule has 0 aliphatic rings. The molecule has 0 bridgehead atoms. The van der Waals surface area contributed by atoms with E-state index in [9.17, 15) is 19.2 Å². The molecule has 0 aliphatic carbocycles. The summed E-state index contributed by atoms with van der Waals surface area (Å²) in [5, 5.41) is 5.28. The number of carbonyl (C=O) groups is 4. The molecule has 0 aromatic heterocycles. The highest BCUT2D eigenvalue weighted by atomic mass is 16.6. The maximum absolute atomic E-state index is 12.5. The Morgan fingerprint density at radius 3 is 1.96 bits per heavy atom. The lowest BCUT2D eigenvalue weighted by molar-refractivity contribution is -0.158. The number of unbranched alkanes of at least 4 members (excludes halogenated alkanes) is 1. The molecular formula is C19H34N2O6. The molecule has 156 valence electrons. The van der Waals surface area contributed by atoms with Gasteiger partial charge in [-0.25, -0.2) is 4.79 Å². The predicted molar refractivity (Wildman–Crippen MR) is 101 cm³/mol. The highest BCUT2D eigenvalue weighted by Crippen LogP contribution is 2.09. The molecule has 2 N–H and O–H groups in total. The van der Waals surface area contributed by atoms with Gasteiger partial charge < -0.3 is 20.1 Å². The third-order valence-electron chi connectivity index (χ3n) is 3.65. The third kappa shape index (κ3) is 11.2. The average molecular weight is 386 g/mol. The molecule has 8 heteroatoms. The van der Waals surface area contributed by atoms with Gasteiger partial charge in [-0.15, -0.1) is 0 Å². The molecule has 8 nitrogen and oxygen atoms in total. The van der Waals surface area contributed by atoms with Crippen molar-refractivity contribution in [3.05, 3.63) is 0 Å². The predicted octanol–water partition coefficient (Wildman–Crippen LogP) is 1.71. The van der Waals surface area contributed by atoms with Crippen LogP contribution < -0.4 is 10.6 Å². The lowest BCUT2D eigenvalue weighted by Gasteiger charge is -2.26. The summed E-state index contributed by atoms with van der Waals surface area (Å²) < 4.78 is 9.78. The number of ether oxygens (including phenoxy) is 2. The number of hydrogen-bond donors (Lipinski definition) is 2. The van der Waals surface area contributed by atoms with E-state index in [1.165, 1.54) is 14.0 Å². The number of hydrogen-bond acceptors (Lipinski definition) is 6. The van der Waals surface area contributed by atoms with Gasteiger partial charge >= 0.3 is 11.9 Å². The first-order valence-corrected chi connectivity index (χ1v) is 9.26. The van der Waals surface area contributed by atoms with Crippen LogP contribution in [0.4, 0.5) is 0 Å². The Morgan fingerprint density at radius 1 is 0.926 bits per heavy atom. The number of methoxy groups -OCH3 is 1. The molecule has 0 aromatic carbocycles. The van der Waals surface area contributed by atoms with E-state index in [4.69, 9.17) is 4.74 Å². The first-order chi connectivity index (χ1) is 12.4. The minimum absolute atomic E-state index is 0.158. The van der Waals surface area contributed by atoms with E-state index in [1.807, 2.05) is 0 Å². The highest BCUT2D eigenvalue weighted by molar-refractivity contribution is 5.90. The fraction of sp³-hybridized carbons (Fsp3) is 0.789. The van der Waals surface area contributed by atoms with Crippen molar-refractivity contribution in [2.24, 2.45) is 5.92 Å². The lowest BCUT2D eigenvalue weighted by atomic mass is 10.0. The normalized spacial score (nSPS) is 13.5. The standard InChI is InChI=1S/C19H34N2O6/c1-12(2)16(21-14(22)10-8-9-11-15(23)26-7)17(24)20-13(3)18(25)27-19(4,5)6/h12-13,16H,8-11H2,1-7H3,(H,20,24)(H,21,22)/t13-,16?/m0/s1. The summed E-state index contributed by atoms with van der Waals surface area (Å²) in [7, 11) is 1.32. The highest BCUT2D eigenvalue weighted by Gasteiger charge is 2.28. The van der Waals surface area contributed by atoms with Gasteiger partial charge in [-0.05, 0) is 46.5 Å². The number of esters is 2. The van der Waals surface area contributed by atoms with Gasteiger partial charge in [0.2, 0.25) is 11.8 Å². The first-order valence-electron chi connectivity index (χ1n) is 9.26. The zero-order chi connectivity index (χ0) is 21.2. The van der Waals surface area contributed by atoms with Crippen molar-refractivity contribution in [3.63, 3.8) is 0 Å². The van der Waals surface area contributed by atoms with Gasteiger partial charge in [0.15, 0.2) is 0 Å². The van der Waals surface area contributed by atoms with E-state index in [0.29, 0.717) is 12.8 Å². The zero-order valence-electron chi connectivity index (χ0n) is 17.5. The molecule has 27 heavy (non-hydrogen) atoms. The molecule has 0 spiro atoms. The molecule has 0 aromatic rings. The molecule has 0 saturated carbocycles. The van der Waals surface area contributed by atoms with E-state index in [-0.39, 0.29) is 30.6 Å². The summed E-state index contributed by atoms with van der Waals surface area (Å²) in [6, 6.07) is -1.59. The Kier molecular flexibility index (Phi) is 10.7. The Hall–Kier alpha value is -2.12. The van der Waals surface area contributed by atoms with Gasteiger partial charge in [0.25, 0.3) is 0 Å². The molecule has 0 rings (SSSR count). The van der Waals surface area contributed by atoms with E-state index in [2.05, 4.69) is 15.4 Å². The van der Waals surface area contributed by atoms with Crippen molar-refractivity contribution in [1.29, 1.82) is 0 Å². The number of nitrogens with one attached hydrogen (secondary N) is 2. The fourth-order valence-corrected chi connectivity index (χ4v) is 2.19. The molecule has 0 saturated heterocycles. The second-order valence-corrected chi connectivity index (χ2v) is 7.84. The topological polar surface area (TPSA) is 111 Å². The summed E-state index contributed by atoms with van der Waals surface area (Å²) in [5.41, 5.74) is -0.647. The minimum Gasteiger partial charge on any atom is -0.469 e. The van der Waals surface area contributed by atoms with Crippen molar-refractivity contribution in [2.45, 2.75) is 84.9 Å². The van der Waals surface area contributed by atoms with Crippen LogP contribution in [0, 0.1) is 5.92 Å². The SMILES string of the molecule is COC(=O)CCCCC(=O)NC(C(=O)N[C@@H](C)C(=O)OC(C)(C)C)C(C)C. The van der Waals surface area contributed by atoms with Crippen LogP contribution in [0.1, 0.15) is 67.2 Å². The van der Waals surface area contributed by atoms with Crippen LogP contribution in [-0.2, 0) is 28.7 Å². The summed E-state index contributed by atoms with van der Waals surface area (Å²) in [4.78, 5) is 47.6. The van der Waals surface area contributed by atoms with Gasteiger partial charge in [-0.3, -0.25) is 14.4 Å². The number of amides is 2. The van der Waals surface area contributed by atoms with E-state index >= 15 is 0 Å². The lowest BCUT2D eigenvalue weighted by Crippen LogP contribution is -2.53. The van der Waals surface area contributed by atoms with Crippen molar-refractivity contribution in [1.82, 2.24) is 10.6 Å². The zero-order valence-corrected chi connectivity index (χ0v) is 17.5. The Labute approximate surface area is 161 Å². The van der Waals surface area contributed by atoms with Crippen LogP contribution in [0.2, 0.25) is 0 Å². The van der Waals surface area contributed by atoms with Gasteiger partial charge in [0, 0.05) is 12.8 Å². The van der Waals surface area contributed by atoms with E-state index in [1.54, 1.807) is 34.6 Å². The Morgan fingerprint density at radius 2 is 1.48 bits per heavy atom. The van der Waals surface area contributed by atoms with Crippen LogP contribution in [0.15, 0.2) is 0 Å². The fourth-order valence-electron chi connectivity index (χ4n) is 2.19. The molecule has 0 fully saturated rings. The molecule has 2 atom stereocenters. The van der Waals surface area contributed by atoms with Crippen molar-refractivity contribution < 1.29 is 28.7 Å². The minimum atomic E-state index is -0.824. The quantitative estimate of drug-likeness (QED) is 0.437. The second-order valence-electron chi connectivity index (χ2n) is 7.84. The molecule has 0 heterocycles. The Bertz CT molecular complexity index is 525. The van der Waals surface area contributed by atoms with Gasteiger partial charge in [-0.1, -0.05) is 13.8 Å². The van der Waals surface area contributed by atoms with Gasteiger partial charge in [0.05, 0.1) is 7.11 Å². The molecule has 0 radical (unpaired) electrons. The summed E-state index contributed by atoms with van der Waals surface area (Å²) in [5.74, 6) is -1.72. The summed E-state index contributed by atoms with van der Waals surface area (Å²) >= 11 is 0. The van der Waals surface area contributed by atoms with Crippen LogP contribution in [0.25, 0.3) is 0 Å². The van der Waals surface area contributed by atoms with Gasteiger partial charge in [0.1, 0.15) is 17.7 Å². The largest absolute Gasteiger partial charge is 0.469 e. The number of carbonyl (C=O) groups excluding carboxylic acids is 4. The first kappa shape index (κ1) is 24.9. The van der Waals surface area contributed by atoms with Crippen molar-refractivity contribution >= 4 is 23.8 Å². The summed E-state index contributed by atoms with van der Waals surface area (Å²) in [6.07, 6.45) is 1.51. The van der Waals surface area contributed by atoms with E-state index < -0.39 is 29.6 Å². The maximum atomic E-state index is 12.5. The molecule has 1 unspecified atom stereocenters. The smallest absolute Gasteiger partial charge is 0.328 e. The molecule has 2 amide bonds. The van der Waals surface area contributed by atoms with Crippen molar-refractivity contribution in [3.8, 4) is 0 Å². The average Bonchev–Trinajstić information content (AvgIpc) is 2.54. The number of rotatable bonds is 10. The Balaban J connectivity index is 4.56. The van der Waals surface area contributed by atoms with Gasteiger partial charge in [-0.2, -0.15) is 0 Å². The van der Waals surface area contributed by atoms with Crippen LogP contribution in [0.5, 0.6) is 0 Å². The third-order valence-corrected chi connectivity index (χ3v) is 3.65. The van der Waals surface area contributed by atoms with Crippen molar-refractivity contribution in [2.75, 3.05) is 7.11 Å². The summed E-state index contributed by atoms with van der Waals surface area (Å²) in [6.45, 7) is 10.4. The van der Waals surface area contributed by atoms with E-state index in [0.717, 1.165) is 0 Å². The van der Waals surface area contributed by atoms with Crippen LogP contribution in [0.3, 0.4) is 0 Å². The molecular weight excluding hydrogens is 352 g/mol. The second kappa shape index (κ2) is 11.6. The molecule has 0 aliphatic heterocycles. The monoisotopic (exact) mass is 386 g/mol. The van der Waals surface area contributed by atoms with Crippen LogP contribution in [-0.4, -0.2) is 48.5 Å². The van der Waals surface area contributed by atoms with Crippen LogP contribution >= 0.6 is 0 Å². The maximum Gasteiger partial charge on any atom is 0.328 e.